The molecule has 0 saturated carbocycles. The van der Waals surface area contributed by atoms with Gasteiger partial charge in [-0.3, -0.25) is 4.79 Å². The van der Waals surface area contributed by atoms with Crippen molar-refractivity contribution in [3.05, 3.63) is 68.0 Å². The van der Waals surface area contributed by atoms with E-state index in [1.807, 2.05) is 42.5 Å². The Morgan fingerprint density at radius 3 is 2.83 bits per heavy atom. The van der Waals surface area contributed by atoms with Crippen molar-refractivity contribution in [1.29, 1.82) is 0 Å². The number of benzene rings is 2. The largest absolute Gasteiger partial charge is 0.488 e. The highest BCUT2D eigenvalue weighted by atomic mass is 79.9. The first-order valence-electron chi connectivity index (χ1n) is 6.93. The second-order valence-corrected chi connectivity index (χ2v) is 8.02. The van der Waals surface area contributed by atoms with Crippen LogP contribution < -0.4 is 10.1 Å². The Kier molecular flexibility index (Phi) is 5.61. The maximum absolute atomic E-state index is 11.8. The molecule has 24 heavy (non-hydrogen) atoms. The molecule has 0 unspecified atom stereocenters. The van der Waals surface area contributed by atoms with Crippen LogP contribution in [0.2, 0.25) is 5.02 Å². The lowest BCUT2D eigenvalue weighted by molar-refractivity contribution is -0.115. The summed E-state index contributed by atoms with van der Waals surface area (Å²) in [6, 6.07) is 13.2. The highest BCUT2D eigenvalue weighted by Crippen LogP contribution is 2.31. The molecule has 1 heterocycles. The number of hydrogen-bond acceptors (Lipinski definition) is 4. The lowest BCUT2D eigenvalue weighted by Crippen LogP contribution is -2.17. The number of halogens is 2. The van der Waals surface area contributed by atoms with Crippen LogP contribution in [0, 0.1) is 0 Å². The Labute approximate surface area is 162 Å². The van der Waals surface area contributed by atoms with Crippen LogP contribution in [0.5, 0.6) is 5.75 Å². The van der Waals surface area contributed by atoms with Crippen LogP contribution in [-0.2, 0) is 11.4 Å². The second-order valence-electron chi connectivity index (χ2n) is 4.95. The fourth-order valence-corrected chi connectivity index (χ4v) is 3.74. The van der Waals surface area contributed by atoms with Gasteiger partial charge in [0.05, 0.1) is 4.91 Å². The van der Waals surface area contributed by atoms with E-state index >= 15 is 0 Å². The summed E-state index contributed by atoms with van der Waals surface area (Å²) in [5.74, 6) is 0.489. The molecule has 0 radical (unpaired) electrons. The van der Waals surface area contributed by atoms with Crippen LogP contribution in [0.4, 0.5) is 0 Å². The maximum atomic E-state index is 11.8. The molecule has 2 aromatic carbocycles. The number of rotatable bonds is 4. The molecule has 2 aromatic rings. The van der Waals surface area contributed by atoms with E-state index in [1.54, 1.807) is 6.08 Å². The average molecular weight is 441 g/mol. The smallest absolute Gasteiger partial charge is 0.263 e. The summed E-state index contributed by atoms with van der Waals surface area (Å²) in [7, 11) is 0. The summed E-state index contributed by atoms with van der Waals surface area (Å²) in [6.45, 7) is 0.385. The van der Waals surface area contributed by atoms with Gasteiger partial charge in [0.2, 0.25) is 0 Å². The number of nitrogens with one attached hydrogen (secondary N) is 1. The molecule has 0 spiro atoms. The first-order chi connectivity index (χ1) is 11.5. The Balaban J connectivity index is 1.84. The standard InChI is InChI=1S/C17H11BrClNO2S2/c18-12-4-5-14(22-9-10-2-1-3-13(19)6-10)11(7-12)8-15-16(21)20-17(23)24-15/h1-8H,9H2,(H,20,21,23)/b15-8-. The predicted octanol–water partition coefficient (Wildman–Crippen LogP) is 5.17. The molecule has 0 aromatic heterocycles. The van der Waals surface area contributed by atoms with Crippen LogP contribution in [-0.4, -0.2) is 10.2 Å². The van der Waals surface area contributed by atoms with Gasteiger partial charge in [0.25, 0.3) is 5.91 Å². The first kappa shape index (κ1) is 17.5. The maximum Gasteiger partial charge on any atom is 0.263 e. The van der Waals surface area contributed by atoms with Gasteiger partial charge < -0.3 is 10.1 Å². The van der Waals surface area contributed by atoms with E-state index < -0.39 is 0 Å². The number of amides is 1. The van der Waals surface area contributed by atoms with Crippen molar-refractivity contribution in [2.45, 2.75) is 6.61 Å². The minimum Gasteiger partial charge on any atom is -0.488 e. The molecule has 1 amide bonds. The average Bonchev–Trinajstić information content (AvgIpc) is 2.84. The van der Waals surface area contributed by atoms with Crippen molar-refractivity contribution in [1.82, 2.24) is 5.32 Å². The van der Waals surface area contributed by atoms with Gasteiger partial charge in [-0.15, -0.1) is 0 Å². The first-order valence-corrected chi connectivity index (χ1v) is 9.32. The summed E-state index contributed by atoms with van der Waals surface area (Å²) in [5.41, 5.74) is 1.77. The van der Waals surface area contributed by atoms with E-state index in [4.69, 9.17) is 28.6 Å². The molecule has 3 rings (SSSR count). The van der Waals surface area contributed by atoms with Crippen LogP contribution >= 0.6 is 51.5 Å². The molecule has 122 valence electrons. The van der Waals surface area contributed by atoms with E-state index in [0.717, 1.165) is 15.6 Å². The lowest BCUT2D eigenvalue weighted by Gasteiger charge is -2.10. The zero-order valence-electron chi connectivity index (χ0n) is 12.2. The number of hydrogen-bond donors (Lipinski definition) is 1. The zero-order chi connectivity index (χ0) is 17.1. The monoisotopic (exact) mass is 439 g/mol. The van der Waals surface area contributed by atoms with Crippen molar-refractivity contribution in [2.75, 3.05) is 0 Å². The highest BCUT2D eigenvalue weighted by Gasteiger charge is 2.22. The number of thiocarbonyl (C=S) groups is 1. The van der Waals surface area contributed by atoms with E-state index in [0.29, 0.717) is 26.6 Å². The van der Waals surface area contributed by atoms with Gasteiger partial charge in [-0.25, -0.2) is 0 Å². The van der Waals surface area contributed by atoms with Gasteiger partial charge in [0.15, 0.2) is 0 Å². The van der Waals surface area contributed by atoms with E-state index in [2.05, 4.69) is 21.2 Å². The molecule has 7 heteroatoms. The summed E-state index contributed by atoms with van der Waals surface area (Å²) in [6.07, 6.45) is 1.78. The van der Waals surface area contributed by atoms with Crippen molar-refractivity contribution in [2.24, 2.45) is 0 Å². The van der Waals surface area contributed by atoms with Gasteiger partial charge in [0, 0.05) is 15.1 Å². The van der Waals surface area contributed by atoms with Crippen LogP contribution in [0.3, 0.4) is 0 Å². The Hall–Kier alpha value is -1.34. The number of thioether (sulfide) groups is 1. The SMILES string of the molecule is O=C1NC(=S)S/C1=C\c1cc(Br)ccc1OCc1cccc(Cl)c1. The fourth-order valence-electron chi connectivity index (χ4n) is 2.11. The number of carbonyl (C=O) groups is 1. The molecule has 3 nitrogen and oxygen atoms in total. The number of ether oxygens (including phenoxy) is 1. The predicted molar refractivity (Wildman–Crippen MR) is 106 cm³/mol. The molecule has 1 N–H and O–H groups in total. The minimum atomic E-state index is -0.189. The molecule has 0 aliphatic carbocycles. The Morgan fingerprint density at radius 2 is 2.12 bits per heavy atom. The van der Waals surface area contributed by atoms with E-state index in [1.165, 1.54) is 11.8 Å². The highest BCUT2D eigenvalue weighted by molar-refractivity contribution is 9.10. The van der Waals surface area contributed by atoms with E-state index in [9.17, 15) is 4.79 Å². The second kappa shape index (κ2) is 7.70. The van der Waals surface area contributed by atoms with Crippen molar-refractivity contribution < 1.29 is 9.53 Å². The summed E-state index contributed by atoms with van der Waals surface area (Å²) < 4.78 is 7.27. The minimum absolute atomic E-state index is 0.189. The summed E-state index contributed by atoms with van der Waals surface area (Å²) >= 11 is 15.7. The van der Waals surface area contributed by atoms with Gasteiger partial charge in [-0.1, -0.05) is 63.6 Å². The molecule has 0 atom stereocenters. The molecule has 1 aliphatic heterocycles. The normalized spacial score (nSPS) is 15.7. The van der Waals surface area contributed by atoms with Gasteiger partial charge in [-0.05, 0) is 42.0 Å². The van der Waals surface area contributed by atoms with E-state index in [-0.39, 0.29) is 5.91 Å². The third-order valence-corrected chi connectivity index (χ3v) is 5.07. The third-order valence-electron chi connectivity index (χ3n) is 3.18. The molecule has 1 fully saturated rings. The topological polar surface area (TPSA) is 38.3 Å². The number of carbonyl (C=O) groups excluding carboxylic acids is 1. The van der Waals surface area contributed by atoms with Crippen molar-refractivity contribution in [3.63, 3.8) is 0 Å². The Morgan fingerprint density at radius 1 is 1.29 bits per heavy atom. The molecule has 1 aliphatic rings. The molecule has 0 bridgehead atoms. The van der Waals surface area contributed by atoms with Crippen LogP contribution in [0.15, 0.2) is 51.8 Å². The van der Waals surface area contributed by atoms with Gasteiger partial charge >= 0.3 is 0 Å². The summed E-state index contributed by atoms with van der Waals surface area (Å²) in [5, 5.41) is 3.27. The molecule has 1 saturated heterocycles. The third kappa shape index (κ3) is 4.39. The van der Waals surface area contributed by atoms with Crippen molar-refractivity contribution >= 4 is 67.8 Å². The quantitative estimate of drug-likeness (QED) is 0.526. The van der Waals surface area contributed by atoms with Crippen LogP contribution in [0.25, 0.3) is 6.08 Å². The van der Waals surface area contributed by atoms with Crippen molar-refractivity contribution in [3.8, 4) is 5.75 Å². The zero-order valence-corrected chi connectivity index (χ0v) is 16.2. The summed E-state index contributed by atoms with van der Waals surface area (Å²) in [4.78, 5) is 12.4. The molecular formula is C17H11BrClNO2S2. The lowest BCUT2D eigenvalue weighted by atomic mass is 10.2. The Bertz CT molecular complexity index is 854. The van der Waals surface area contributed by atoms with Crippen LogP contribution in [0.1, 0.15) is 11.1 Å². The molecular weight excluding hydrogens is 430 g/mol. The fraction of sp³-hybridized carbons (Fsp3) is 0.0588. The van der Waals surface area contributed by atoms with Gasteiger partial charge in [0.1, 0.15) is 16.7 Å². The van der Waals surface area contributed by atoms with Gasteiger partial charge in [-0.2, -0.15) is 0 Å².